The Hall–Kier alpha value is -1.63. The molecule has 0 spiro atoms. The van der Waals surface area contributed by atoms with Gasteiger partial charge >= 0.3 is 0 Å². The predicted octanol–water partition coefficient (Wildman–Crippen LogP) is 2.46. The summed E-state index contributed by atoms with van der Waals surface area (Å²) >= 11 is 3.48. The molecule has 0 aromatic carbocycles. The number of rotatable bonds is 5. The van der Waals surface area contributed by atoms with Crippen LogP contribution < -0.4 is 0 Å². The second-order valence-corrected chi connectivity index (χ2v) is 5.75. The topological polar surface area (TPSA) is 56.0 Å². The van der Waals surface area contributed by atoms with Gasteiger partial charge < -0.3 is 4.90 Å². The molecule has 0 aliphatic heterocycles. The quantitative estimate of drug-likeness (QED) is 0.829. The third-order valence-corrected chi connectivity index (χ3v) is 4.09. The van der Waals surface area contributed by atoms with Gasteiger partial charge in [0, 0.05) is 26.3 Å². The molecular formula is C14H20BrN5O. The molecule has 0 saturated carbocycles. The van der Waals surface area contributed by atoms with Crippen LogP contribution in [0.5, 0.6) is 0 Å². The maximum Gasteiger partial charge on any atom is 0.257 e. The Balaban J connectivity index is 2.19. The lowest BCUT2D eigenvalue weighted by Gasteiger charge is -2.17. The Bertz CT molecular complexity index is 646. The first-order valence-corrected chi connectivity index (χ1v) is 7.76. The number of hydrogen-bond acceptors (Lipinski definition) is 3. The van der Waals surface area contributed by atoms with Crippen LogP contribution >= 0.6 is 15.9 Å². The van der Waals surface area contributed by atoms with Crippen LogP contribution in [-0.4, -0.2) is 37.4 Å². The van der Waals surface area contributed by atoms with Gasteiger partial charge in [-0.25, -0.2) is 0 Å². The van der Waals surface area contributed by atoms with E-state index in [1.165, 1.54) is 0 Å². The molecule has 6 nitrogen and oxygen atoms in total. The first kappa shape index (κ1) is 15.8. The molecule has 2 rings (SSSR count). The van der Waals surface area contributed by atoms with Gasteiger partial charge in [0.05, 0.1) is 34.2 Å². The summed E-state index contributed by atoms with van der Waals surface area (Å²) in [5.41, 5.74) is 2.41. The van der Waals surface area contributed by atoms with Gasteiger partial charge in [0.15, 0.2) is 0 Å². The summed E-state index contributed by atoms with van der Waals surface area (Å²) in [6.07, 6.45) is 3.57. The van der Waals surface area contributed by atoms with Crippen LogP contribution in [0.25, 0.3) is 0 Å². The van der Waals surface area contributed by atoms with E-state index in [2.05, 4.69) is 26.1 Å². The van der Waals surface area contributed by atoms with Crippen molar-refractivity contribution in [2.45, 2.75) is 40.4 Å². The van der Waals surface area contributed by atoms with Gasteiger partial charge in [0.2, 0.25) is 0 Å². The standard InChI is InChI=1S/C14H20BrN5O/c1-5-19-8-11(10(3)17-19)14(21)18(4)9-13-12(15)7-16-20(13)6-2/h7-8H,5-6,9H2,1-4H3. The van der Waals surface area contributed by atoms with Gasteiger partial charge in [-0.3, -0.25) is 14.2 Å². The lowest BCUT2D eigenvalue weighted by atomic mass is 10.2. The molecule has 2 heterocycles. The monoisotopic (exact) mass is 353 g/mol. The largest absolute Gasteiger partial charge is 0.336 e. The van der Waals surface area contributed by atoms with E-state index >= 15 is 0 Å². The molecule has 0 saturated heterocycles. The van der Waals surface area contributed by atoms with Crippen LogP contribution in [-0.2, 0) is 19.6 Å². The smallest absolute Gasteiger partial charge is 0.257 e. The van der Waals surface area contributed by atoms with E-state index in [1.54, 1.807) is 29.0 Å². The molecule has 0 fully saturated rings. The molecule has 2 aromatic heterocycles. The van der Waals surface area contributed by atoms with Gasteiger partial charge in [0.25, 0.3) is 5.91 Å². The zero-order chi connectivity index (χ0) is 15.6. The minimum absolute atomic E-state index is 0.0250. The van der Waals surface area contributed by atoms with E-state index in [0.29, 0.717) is 12.1 Å². The number of nitrogens with zero attached hydrogens (tertiary/aromatic N) is 5. The van der Waals surface area contributed by atoms with Crippen LogP contribution in [0.2, 0.25) is 0 Å². The van der Waals surface area contributed by atoms with Crippen molar-refractivity contribution < 1.29 is 4.79 Å². The van der Waals surface area contributed by atoms with Crippen molar-refractivity contribution in [2.24, 2.45) is 0 Å². The first-order chi connectivity index (χ1) is 9.97. The molecule has 0 N–H and O–H groups in total. The number of carbonyl (C=O) groups is 1. The van der Waals surface area contributed by atoms with Gasteiger partial charge in [-0.1, -0.05) is 0 Å². The maximum atomic E-state index is 12.6. The van der Waals surface area contributed by atoms with Crippen LogP contribution in [0.1, 0.15) is 35.6 Å². The number of amides is 1. The summed E-state index contributed by atoms with van der Waals surface area (Å²) in [6.45, 7) is 7.92. The molecule has 1 amide bonds. The summed E-state index contributed by atoms with van der Waals surface area (Å²) in [6, 6.07) is 0. The minimum Gasteiger partial charge on any atom is -0.336 e. The number of halogens is 1. The fourth-order valence-electron chi connectivity index (χ4n) is 2.21. The second kappa shape index (κ2) is 6.43. The summed E-state index contributed by atoms with van der Waals surface area (Å²) in [7, 11) is 1.80. The van der Waals surface area contributed by atoms with E-state index in [1.807, 2.05) is 25.5 Å². The highest BCUT2D eigenvalue weighted by atomic mass is 79.9. The third kappa shape index (κ3) is 3.18. The number of aryl methyl sites for hydroxylation is 3. The van der Waals surface area contributed by atoms with Crippen LogP contribution in [0, 0.1) is 6.92 Å². The van der Waals surface area contributed by atoms with E-state index in [9.17, 15) is 4.79 Å². The van der Waals surface area contributed by atoms with E-state index in [-0.39, 0.29) is 5.91 Å². The van der Waals surface area contributed by atoms with E-state index < -0.39 is 0 Å². The highest BCUT2D eigenvalue weighted by molar-refractivity contribution is 9.10. The first-order valence-electron chi connectivity index (χ1n) is 6.97. The molecule has 114 valence electrons. The molecule has 2 aromatic rings. The van der Waals surface area contributed by atoms with Crippen molar-refractivity contribution in [1.82, 2.24) is 24.5 Å². The minimum atomic E-state index is -0.0250. The Morgan fingerprint density at radius 1 is 1.38 bits per heavy atom. The molecule has 0 atom stereocenters. The van der Waals surface area contributed by atoms with Crippen molar-refractivity contribution in [3.05, 3.63) is 33.8 Å². The van der Waals surface area contributed by atoms with Gasteiger partial charge in [-0.05, 0) is 36.7 Å². The van der Waals surface area contributed by atoms with Crippen molar-refractivity contribution in [3.63, 3.8) is 0 Å². The SMILES string of the molecule is CCn1cc(C(=O)N(C)Cc2c(Br)cnn2CC)c(C)n1. The maximum absolute atomic E-state index is 12.6. The molecular weight excluding hydrogens is 334 g/mol. The average molecular weight is 354 g/mol. The highest BCUT2D eigenvalue weighted by Gasteiger charge is 2.19. The normalized spacial score (nSPS) is 10.9. The second-order valence-electron chi connectivity index (χ2n) is 4.90. The molecule has 21 heavy (non-hydrogen) atoms. The van der Waals surface area contributed by atoms with Gasteiger partial charge in [0.1, 0.15) is 0 Å². The lowest BCUT2D eigenvalue weighted by Crippen LogP contribution is -2.28. The van der Waals surface area contributed by atoms with Gasteiger partial charge in [-0.15, -0.1) is 0 Å². The number of aromatic nitrogens is 4. The molecule has 0 radical (unpaired) electrons. The fourth-order valence-corrected chi connectivity index (χ4v) is 2.63. The third-order valence-electron chi connectivity index (χ3n) is 3.43. The molecule has 0 aliphatic carbocycles. The van der Waals surface area contributed by atoms with Crippen LogP contribution in [0.4, 0.5) is 0 Å². The van der Waals surface area contributed by atoms with Crippen molar-refractivity contribution in [3.8, 4) is 0 Å². The Morgan fingerprint density at radius 3 is 2.67 bits per heavy atom. The zero-order valence-corrected chi connectivity index (χ0v) is 14.4. The molecule has 7 heteroatoms. The Labute approximate surface area is 132 Å². The molecule has 0 unspecified atom stereocenters. The Kier molecular flexibility index (Phi) is 4.82. The summed E-state index contributed by atoms with van der Waals surface area (Å²) < 4.78 is 4.59. The summed E-state index contributed by atoms with van der Waals surface area (Å²) in [4.78, 5) is 14.3. The van der Waals surface area contributed by atoms with Crippen LogP contribution in [0.3, 0.4) is 0 Å². The summed E-state index contributed by atoms with van der Waals surface area (Å²) in [5, 5.41) is 8.59. The average Bonchev–Trinajstić information content (AvgIpc) is 3.01. The van der Waals surface area contributed by atoms with Crippen molar-refractivity contribution >= 4 is 21.8 Å². The van der Waals surface area contributed by atoms with Crippen molar-refractivity contribution in [1.29, 1.82) is 0 Å². The molecule has 0 aliphatic rings. The van der Waals surface area contributed by atoms with Gasteiger partial charge in [-0.2, -0.15) is 10.2 Å². The Morgan fingerprint density at radius 2 is 2.10 bits per heavy atom. The van der Waals surface area contributed by atoms with E-state index in [4.69, 9.17) is 0 Å². The molecule has 0 bridgehead atoms. The predicted molar refractivity (Wildman–Crippen MR) is 84.0 cm³/mol. The number of hydrogen-bond donors (Lipinski definition) is 0. The number of carbonyl (C=O) groups excluding carboxylic acids is 1. The summed E-state index contributed by atoms with van der Waals surface area (Å²) in [5.74, 6) is -0.0250. The van der Waals surface area contributed by atoms with Crippen molar-refractivity contribution in [2.75, 3.05) is 7.05 Å². The zero-order valence-electron chi connectivity index (χ0n) is 12.8. The fraction of sp³-hybridized carbons (Fsp3) is 0.500. The highest BCUT2D eigenvalue weighted by Crippen LogP contribution is 2.19. The lowest BCUT2D eigenvalue weighted by molar-refractivity contribution is 0.0780. The van der Waals surface area contributed by atoms with E-state index in [0.717, 1.165) is 29.0 Å². The van der Waals surface area contributed by atoms with Crippen LogP contribution in [0.15, 0.2) is 16.9 Å².